The van der Waals surface area contributed by atoms with Gasteiger partial charge in [0.2, 0.25) is 0 Å². The number of benzene rings is 1. The van der Waals surface area contributed by atoms with Crippen molar-refractivity contribution < 1.29 is 29.3 Å². The molecular formula is C13H16O6S2. The van der Waals surface area contributed by atoms with Crippen LogP contribution in [0.15, 0.2) is 18.2 Å². The Balaban J connectivity index is 2.94. The molecule has 0 amide bonds. The summed E-state index contributed by atoms with van der Waals surface area (Å²) in [5.41, 5.74) is 0.783. The second-order valence-corrected chi connectivity index (χ2v) is 6.34. The third kappa shape index (κ3) is 5.76. The monoisotopic (exact) mass is 332 g/mol. The Morgan fingerprint density at radius 3 is 2.00 bits per heavy atom. The van der Waals surface area contributed by atoms with Gasteiger partial charge in [0.1, 0.15) is 0 Å². The highest BCUT2D eigenvalue weighted by atomic mass is 32.2. The topological polar surface area (TPSA) is 93.1 Å². The van der Waals surface area contributed by atoms with Crippen molar-refractivity contribution in [1.82, 2.24) is 0 Å². The molecule has 0 aliphatic rings. The normalized spacial score (nSPS) is 10.4. The molecule has 0 fully saturated rings. The summed E-state index contributed by atoms with van der Waals surface area (Å²) in [5.74, 6) is -1.02. The molecule has 0 heterocycles. The van der Waals surface area contributed by atoms with Crippen LogP contribution in [0.5, 0.6) is 11.5 Å². The SMILES string of the molecule is COc1ccc(C(SCC(=O)O)SCC(=O)O)cc1OC. The van der Waals surface area contributed by atoms with Crippen molar-refractivity contribution in [3.05, 3.63) is 23.8 Å². The van der Waals surface area contributed by atoms with Gasteiger partial charge >= 0.3 is 11.9 Å². The van der Waals surface area contributed by atoms with E-state index in [0.29, 0.717) is 11.5 Å². The summed E-state index contributed by atoms with van der Waals surface area (Å²) >= 11 is 2.32. The molecule has 0 radical (unpaired) electrons. The molecule has 1 rings (SSSR count). The van der Waals surface area contributed by atoms with Gasteiger partial charge < -0.3 is 19.7 Å². The van der Waals surface area contributed by atoms with E-state index in [4.69, 9.17) is 19.7 Å². The lowest BCUT2D eigenvalue weighted by molar-refractivity contribution is -0.134. The molecule has 1 aromatic rings. The molecule has 8 heteroatoms. The van der Waals surface area contributed by atoms with Gasteiger partial charge in [0.25, 0.3) is 0 Å². The number of ether oxygens (including phenoxy) is 2. The third-order valence-electron chi connectivity index (χ3n) is 2.40. The molecule has 0 bridgehead atoms. The second kappa shape index (κ2) is 8.68. The summed E-state index contributed by atoms with van der Waals surface area (Å²) in [6.07, 6.45) is 0. The largest absolute Gasteiger partial charge is 0.493 e. The number of carboxylic acids is 2. The highest BCUT2D eigenvalue weighted by Gasteiger charge is 2.18. The Morgan fingerprint density at radius 1 is 1.05 bits per heavy atom. The summed E-state index contributed by atoms with van der Waals surface area (Å²) in [5, 5.41) is 17.6. The first-order chi connectivity index (χ1) is 9.97. The number of carboxylic acid groups (broad SMARTS) is 2. The maximum Gasteiger partial charge on any atom is 0.313 e. The van der Waals surface area contributed by atoms with Crippen LogP contribution in [-0.4, -0.2) is 47.9 Å². The van der Waals surface area contributed by atoms with Crippen LogP contribution in [0.25, 0.3) is 0 Å². The van der Waals surface area contributed by atoms with E-state index in [1.165, 1.54) is 14.2 Å². The lowest BCUT2D eigenvalue weighted by atomic mass is 10.2. The minimum absolute atomic E-state index is 0.106. The Hall–Kier alpha value is -1.54. The smallest absolute Gasteiger partial charge is 0.313 e. The predicted octanol–water partition coefficient (Wildman–Crippen LogP) is 2.34. The summed E-state index contributed by atoms with van der Waals surface area (Å²) in [6.45, 7) is 0. The molecule has 0 aliphatic carbocycles. The third-order valence-corrected chi connectivity index (χ3v) is 5.19. The van der Waals surface area contributed by atoms with Crippen LogP contribution in [0, 0.1) is 0 Å². The molecule has 0 saturated heterocycles. The van der Waals surface area contributed by atoms with Crippen LogP contribution < -0.4 is 9.47 Å². The van der Waals surface area contributed by atoms with Gasteiger partial charge in [-0.05, 0) is 17.7 Å². The first kappa shape index (κ1) is 17.5. The van der Waals surface area contributed by atoms with Gasteiger partial charge in [0, 0.05) is 0 Å². The molecule has 2 N–H and O–H groups in total. The molecule has 0 saturated carbocycles. The second-order valence-electron chi connectivity index (χ2n) is 3.86. The molecule has 0 aliphatic heterocycles. The van der Waals surface area contributed by atoms with Crippen LogP contribution in [0.4, 0.5) is 0 Å². The fraction of sp³-hybridized carbons (Fsp3) is 0.385. The Kier molecular flexibility index (Phi) is 7.24. The lowest BCUT2D eigenvalue weighted by Crippen LogP contribution is -2.05. The maximum atomic E-state index is 10.7. The van der Waals surface area contributed by atoms with E-state index in [0.717, 1.165) is 29.1 Å². The average molecular weight is 332 g/mol. The van der Waals surface area contributed by atoms with E-state index in [1.807, 2.05) is 0 Å². The standard InChI is InChI=1S/C13H16O6S2/c1-18-9-4-3-8(5-10(9)19-2)13(20-6-11(14)15)21-7-12(16)17/h3-5,13H,6-7H2,1-2H3,(H,14,15)(H,16,17). The summed E-state index contributed by atoms with van der Waals surface area (Å²) in [7, 11) is 3.03. The summed E-state index contributed by atoms with van der Waals surface area (Å²) in [4.78, 5) is 21.4. The molecule has 21 heavy (non-hydrogen) atoms. The van der Waals surface area contributed by atoms with Crippen molar-refractivity contribution in [3.63, 3.8) is 0 Å². The molecule has 116 valence electrons. The highest BCUT2D eigenvalue weighted by Crippen LogP contribution is 2.42. The number of aliphatic carboxylic acids is 2. The van der Waals surface area contributed by atoms with E-state index in [9.17, 15) is 9.59 Å². The van der Waals surface area contributed by atoms with Crippen molar-refractivity contribution in [2.75, 3.05) is 25.7 Å². The fourth-order valence-electron chi connectivity index (χ4n) is 1.53. The van der Waals surface area contributed by atoms with Gasteiger partial charge in [-0.15, -0.1) is 23.5 Å². The zero-order chi connectivity index (χ0) is 15.8. The molecule has 0 aromatic heterocycles. The van der Waals surface area contributed by atoms with Crippen LogP contribution in [0.1, 0.15) is 10.1 Å². The number of thioether (sulfide) groups is 2. The van der Waals surface area contributed by atoms with Gasteiger partial charge in [0.15, 0.2) is 11.5 Å². The van der Waals surface area contributed by atoms with Crippen LogP contribution in [0.2, 0.25) is 0 Å². The van der Waals surface area contributed by atoms with Gasteiger partial charge in [-0.3, -0.25) is 9.59 Å². The first-order valence-electron chi connectivity index (χ1n) is 5.86. The van der Waals surface area contributed by atoms with E-state index < -0.39 is 11.9 Å². The predicted molar refractivity (Wildman–Crippen MR) is 82.5 cm³/mol. The number of carbonyl (C=O) groups is 2. The van der Waals surface area contributed by atoms with Gasteiger partial charge in [-0.1, -0.05) is 6.07 Å². The minimum atomic E-state index is -0.943. The number of hydrogen-bond donors (Lipinski definition) is 2. The average Bonchev–Trinajstić information content (AvgIpc) is 2.46. The van der Waals surface area contributed by atoms with Crippen LogP contribution in [-0.2, 0) is 9.59 Å². The van der Waals surface area contributed by atoms with Gasteiger partial charge in [-0.25, -0.2) is 0 Å². The lowest BCUT2D eigenvalue weighted by Gasteiger charge is -2.17. The van der Waals surface area contributed by atoms with E-state index in [2.05, 4.69) is 0 Å². The zero-order valence-electron chi connectivity index (χ0n) is 11.6. The maximum absolute atomic E-state index is 10.7. The number of rotatable bonds is 9. The van der Waals surface area contributed by atoms with Gasteiger partial charge in [0.05, 0.1) is 30.3 Å². The van der Waals surface area contributed by atoms with E-state index in [-0.39, 0.29) is 16.1 Å². The zero-order valence-corrected chi connectivity index (χ0v) is 13.2. The molecule has 1 aromatic carbocycles. The Bertz CT molecular complexity index is 487. The van der Waals surface area contributed by atoms with Crippen LogP contribution >= 0.6 is 23.5 Å². The Labute approximate surface area is 130 Å². The van der Waals surface area contributed by atoms with Gasteiger partial charge in [-0.2, -0.15) is 0 Å². The number of methoxy groups -OCH3 is 2. The van der Waals surface area contributed by atoms with E-state index >= 15 is 0 Å². The van der Waals surface area contributed by atoms with Crippen molar-refractivity contribution in [1.29, 1.82) is 0 Å². The molecule has 0 spiro atoms. The van der Waals surface area contributed by atoms with Crippen molar-refractivity contribution in [2.45, 2.75) is 4.58 Å². The quantitative estimate of drug-likeness (QED) is 0.666. The minimum Gasteiger partial charge on any atom is -0.493 e. The number of hydrogen-bond acceptors (Lipinski definition) is 6. The van der Waals surface area contributed by atoms with Crippen molar-refractivity contribution >= 4 is 35.5 Å². The van der Waals surface area contributed by atoms with Crippen molar-refractivity contribution in [3.8, 4) is 11.5 Å². The van der Waals surface area contributed by atoms with Crippen LogP contribution in [0.3, 0.4) is 0 Å². The van der Waals surface area contributed by atoms with E-state index in [1.54, 1.807) is 18.2 Å². The molecular weight excluding hydrogens is 316 g/mol. The summed E-state index contributed by atoms with van der Waals surface area (Å²) < 4.78 is 10.0. The highest BCUT2D eigenvalue weighted by molar-refractivity contribution is 8.16. The molecule has 6 nitrogen and oxygen atoms in total. The molecule has 0 atom stereocenters. The van der Waals surface area contributed by atoms with Crippen molar-refractivity contribution in [2.24, 2.45) is 0 Å². The summed E-state index contributed by atoms with van der Waals surface area (Å²) in [6, 6.07) is 5.22. The Morgan fingerprint density at radius 2 is 1.57 bits per heavy atom. The molecule has 0 unspecified atom stereocenters. The first-order valence-corrected chi connectivity index (χ1v) is 7.96. The fourth-order valence-corrected chi connectivity index (χ4v) is 3.59.